The molecule has 0 radical (unpaired) electrons. The molecule has 0 fully saturated rings. The van der Waals surface area contributed by atoms with Crippen molar-refractivity contribution in [2.24, 2.45) is 0 Å². The van der Waals surface area contributed by atoms with Gasteiger partial charge in [0.05, 0.1) is 18.2 Å². The van der Waals surface area contributed by atoms with Gasteiger partial charge in [0, 0.05) is 8.04 Å². The Morgan fingerprint density at radius 2 is 2.00 bits per heavy atom. The van der Waals surface area contributed by atoms with Gasteiger partial charge in [-0.1, -0.05) is 39.7 Å². The molecule has 20 heavy (non-hydrogen) atoms. The van der Waals surface area contributed by atoms with Crippen LogP contribution in [0.4, 0.5) is 0 Å². The molecule has 0 bridgehead atoms. The van der Waals surface area contributed by atoms with Gasteiger partial charge in [-0.25, -0.2) is 0 Å². The van der Waals surface area contributed by atoms with Crippen LogP contribution < -0.4 is 10.1 Å². The highest BCUT2D eigenvalue weighted by Crippen LogP contribution is 2.33. The second-order valence-corrected chi connectivity index (χ2v) is 6.71. The van der Waals surface area contributed by atoms with Crippen LogP contribution >= 0.6 is 50.1 Å². The lowest BCUT2D eigenvalue weighted by atomic mass is 9.99. The van der Waals surface area contributed by atoms with Crippen LogP contribution in [-0.4, -0.2) is 14.2 Å². The largest absolute Gasteiger partial charge is 0.497 e. The molecule has 1 unspecified atom stereocenters. The summed E-state index contributed by atoms with van der Waals surface area (Å²) in [7, 11) is 3.60. The summed E-state index contributed by atoms with van der Waals surface area (Å²) < 4.78 is 7.29. The number of hydrogen-bond acceptors (Lipinski definition) is 2. The summed E-state index contributed by atoms with van der Waals surface area (Å²) in [5, 5.41) is 4.10. The molecule has 0 aromatic heterocycles. The topological polar surface area (TPSA) is 21.3 Å². The molecule has 2 aromatic rings. The molecule has 2 nitrogen and oxygen atoms in total. The average molecular weight is 467 g/mol. The molecule has 0 spiro atoms. The maximum Gasteiger partial charge on any atom is 0.120 e. The fourth-order valence-electron chi connectivity index (χ4n) is 2.06. The number of methoxy groups -OCH3 is 1. The zero-order chi connectivity index (χ0) is 14.7. The van der Waals surface area contributed by atoms with Crippen LogP contribution in [0.3, 0.4) is 0 Å². The summed E-state index contributed by atoms with van der Waals surface area (Å²) in [5.74, 6) is 0.830. The van der Waals surface area contributed by atoms with Crippen LogP contribution in [0.25, 0.3) is 0 Å². The van der Waals surface area contributed by atoms with Gasteiger partial charge in [0.15, 0.2) is 0 Å². The first-order chi connectivity index (χ1) is 9.56. The Bertz CT molecular complexity index is 621. The predicted octanol–water partition coefficient (Wildman–Crippen LogP) is 5.02. The van der Waals surface area contributed by atoms with Crippen LogP contribution in [-0.2, 0) is 0 Å². The van der Waals surface area contributed by atoms with Gasteiger partial charge >= 0.3 is 0 Å². The third-order valence-corrected chi connectivity index (χ3v) is 5.34. The van der Waals surface area contributed by atoms with Crippen molar-refractivity contribution in [1.82, 2.24) is 5.32 Å². The summed E-state index contributed by atoms with van der Waals surface area (Å²) in [6.07, 6.45) is 0. The van der Waals surface area contributed by atoms with E-state index in [0.717, 1.165) is 29.9 Å². The van der Waals surface area contributed by atoms with E-state index in [1.807, 2.05) is 31.3 Å². The minimum Gasteiger partial charge on any atom is -0.497 e. The van der Waals surface area contributed by atoms with Crippen molar-refractivity contribution in [1.29, 1.82) is 0 Å². The van der Waals surface area contributed by atoms with Gasteiger partial charge in [0.25, 0.3) is 0 Å². The Kier molecular flexibility index (Phi) is 5.72. The first kappa shape index (κ1) is 16.1. The summed E-state index contributed by atoms with van der Waals surface area (Å²) in [6, 6.07) is 12.2. The summed E-state index contributed by atoms with van der Waals surface area (Å²) in [5.41, 5.74) is 2.27. The maximum absolute atomic E-state index is 6.22. The molecule has 0 saturated heterocycles. The number of ether oxygens (including phenoxy) is 1. The Balaban J connectivity index is 2.43. The lowest BCUT2D eigenvalue weighted by Gasteiger charge is -2.19. The molecule has 0 amide bonds. The highest BCUT2D eigenvalue weighted by Gasteiger charge is 2.16. The molecule has 0 aliphatic carbocycles. The smallest absolute Gasteiger partial charge is 0.120 e. The summed E-state index contributed by atoms with van der Waals surface area (Å²) in [4.78, 5) is 0. The number of hydrogen-bond donors (Lipinski definition) is 1. The van der Waals surface area contributed by atoms with E-state index in [-0.39, 0.29) is 6.04 Å². The van der Waals surface area contributed by atoms with Crippen LogP contribution in [0.15, 0.2) is 40.9 Å². The van der Waals surface area contributed by atoms with Gasteiger partial charge in [-0.15, -0.1) is 0 Å². The molecule has 0 aliphatic rings. The van der Waals surface area contributed by atoms with E-state index in [4.69, 9.17) is 16.3 Å². The molecular formula is C15H14BrClINO. The molecule has 106 valence electrons. The van der Waals surface area contributed by atoms with Gasteiger partial charge in [0.2, 0.25) is 0 Å². The first-order valence-corrected chi connectivity index (χ1v) is 8.27. The summed E-state index contributed by atoms with van der Waals surface area (Å²) >= 11 is 12.1. The quantitative estimate of drug-likeness (QED) is 0.639. The number of rotatable bonds is 4. The van der Waals surface area contributed by atoms with Gasteiger partial charge < -0.3 is 10.1 Å². The second kappa shape index (κ2) is 7.11. The zero-order valence-electron chi connectivity index (χ0n) is 11.1. The SMILES string of the molecule is CNC(c1ccc(I)c(Cl)c1)c1ccc(OC)cc1Br. The molecule has 0 aliphatic heterocycles. The van der Waals surface area contributed by atoms with Crippen molar-refractivity contribution < 1.29 is 4.74 Å². The van der Waals surface area contributed by atoms with E-state index in [2.05, 4.69) is 56.0 Å². The highest BCUT2D eigenvalue weighted by atomic mass is 127. The van der Waals surface area contributed by atoms with E-state index >= 15 is 0 Å². The zero-order valence-corrected chi connectivity index (χ0v) is 15.6. The highest BCUT2D eigenvalue weighted by molar-refractivity contribution is 14.1. The third kappa shape index (κ3) is 3.47. The maximum atomic E-state index is 6.22. The van der Waals surface area contributed by atoms with Gasteiger partial charge in [-0.2, -0.15) is 0 Å². The van der Waals surface area contributed by atoms with Crippen molar-refractivity contribution in [3.63, 3.8) is 0 Å². The lowest BCUT2D eigenvalue weighted by molar-refractivity contribution is 0.414. The average Bonchev–Trinajstić information content (AvgIpc) is 2.45. The van der Waals surface area contributed by atoms with Crippen molar-refractivity contribution in [2.75, 3.05) is 14.2 Å². The Hall–Kier alpha value is -0.300. The van der Waals surface area contributed by atoms with E-state index < -0.39 is 0 Å². The minimum atomic E-state index is 0.0739. The van der Waals surface area contributed by atoms with Crippen LogP contribution in [0.1, 0.15) is 17.2 Å². The fraction of sp³-hybridized carbons (Fsp3) is 0.200. The minimum absolute atomic E-state index is 0.0739. The monoisotopic (exact) mass is 465 g/mol. The molecule has 2 aromatic carbocycles. The molecule has 2 rings (SSSR count). The van der Waals surface area contributed by atoms with E-state index in [0.29, 0.717) is 0 Å². The number of halogens is 3. The molecule has 0 heterocycles. The molecular weight excluding hydrogens is 452 g/mol. The van der Waals surface area contributed by atoms with Crippen LogP contribution in [0, 0.1) is 3.57 Å². The van der Waals surface area contributed by atoms with E-state index in [1.54, 1.807) is 7.11 Å². The number of nitrogens with one attached hydrogen (secondary N) is 1. The Morgan fingerprint density at radius 1 is 1.25 bits per heavy atom. The van der Waals surface area contributed by atoms with Crippen molar-refractivity contribution in [3.8, 4) is 5.75 Å². The van der Waals surface area contributed by atoms with Crippen LogP contribution in [0.2, 0.25) is 5.02 Å². The molecule has 1 N–H and O–H groups in total. The van der Waals surface area contributed by atoms with Gasteiger partial charge in [0.1, 0.15) is 5.75 Å². The van der Waals surface area contributed by atoms with Gasteiger partial charge in [-0.05, 0) is 65.0 Å². The Morgan fingerprint density at radius 3 is 2.55 bits per heavy atom. The lowest BCUT2D eigenvalue weighted by Crippen LogP contribution is -2.18. The van der Waals surface area contributed by atoms with Gasteiger partial charge in [-0.3, -0.25) is 0 Å². The van der Waals surface area contributed by atoms with E-state index in [9.17, 15) is 0 Å². The molecule has 5 heteroatoms. The standard InChI is InChI=1S/C15H14BrClINO/c1-19-15(9-3-6-14(18)13(17)7-9)11-5-4-10(20-2)8-12(11)16/h3-8,15,19H,1-2H3. The fourth-order valence-corrected chi connectivity index (χ4v) is 3.17. The third-order valence-electron chi connectivity index (χ3n) is 3.08. The van der Waals surface area contributed by atoms with Crippen LogP contribution in [0.5, 0.6) is 5.75 Å². The first-order valence-electron chi connectivity index (χ1n) is 6.02. The van der Waals surface area contributed by atoms with Crippen molar-refractivity contribution >= 4 is 50.1 Å². The second-order valence-electron chi connectivity index (χ2n) is 4.28. The Labute approximate surface area is 146 Å². The predicted molar refractivity (Wildman–Crippen MR) is 95.8 cm³/mol. The van der Waals surface area contributed by atoms with Crippen molar-refractivity contribution in [2.45, 2.75) is 6.04 Å². The normalized spacial score (nSPS) is 12.2. The summed E-state index contributed by atoms with van der Waals surface area (Å²) in [6.45, 7) is 0. The number of benzene rings is 2. The van der Waals surface area contributed by atoms with Crippen molar-refractivity contribution in [3.05, 3.63) is 60.6 Å². The molecule has 1 atom stereocenters. The molecule has 0 saturated carbocycles. The van der Waals surface area contributed by atoms with E-state index in [1.165, 1.54) is 0 Å².